The second-order valence-corrected chi connectivity index (χ2v) is 4.90. The van der Waals surface area contributed by atoms with Gasteiger partial charge in [0.15, 0.2) is 0 Å². The number of rotatable bonds is 2. The van der Waals surface area contributed by atoms with Crippen LogP contribution < -0.4 is 5.73 Å². The van der Waals surface area contributed by atoms with Crippen molar-refractivity contribution in [2.75, 3.05) is 0 Å². The zero-order valence-electron chi connectivity index (χ0n) is 9.04. The van der Waals surface area contributed by atoms with Gasteiger partial charge in [-0.2, -0.15) is 0 Å². The zero-order chi connectivity index (χ0) is 11.3. The third-order valence-electron chi connectivity index (χ3n) is 3.56. The molecule has 0 spiro atoms. The first-order valence-corrected chi connectivity index (χ1v) is 5.05. The van der Waals surface area contributed by atoms with Crippen molar-refractivity contribution in [2.45, 2.75) is 25.7 Å². The van der Waals surface area contributed by atoms with Gasteiger partial charge in [-0.1, -0.05) is 32.0 Å². The molecule has 0 saturated heterocycles. The highest BCUT2D eigenvalue weighted by Gasteiger charge is 2.65. The number of amidine groups is 1. The van der Waals surface area contributed by atoms with Crippen LogP contribution in [0, 0.1) is 10.8 Å². The molecule has 0 heterocycles. The predicted octanol–water partition coefficient (Wildman–Crippen LogP) is 2.00. The van der Waals surface area contributed by atoms with Crippen LogP contribution in [0.3, 0.4) is 0 Å². The van der Waals surface area contributed by atoms with Crippen molar-refractivity contribution in [3.8, 4) is 5.75 Å². The van der Waals surface area contributed by atoms with E-state index in [0.717, 1.165) is 12.0 Å². The summed E-state index contributed by atoms with van der Waals surface area (Å²) in [5.41, 5.74) is 5.97. The minimum Gasteiger partial charge on any atom is -0.508 e. The van der Waals surface area contributed by atoms with Crippen molar-refractivity contribution in [2.24, 2.45) is 11.1 Å². The molecule has 0 aromatic heterocycles. The third-order valence-corrected chi connectivity index (χ3v) is 3.56. The van der Waals surface area contributed by atoms with Gasteiger partial charge in [-0.25, -0.2) is 0 Å². The molecule has 1 aromatic rings. The number of aromatic hydroxyl groups is 1. The number of nitrogens with one attached hydrogen (secondary N) is 1. The molecule has 0 radical (unpaired) electrons. The molecule has 80 valence electrons. The second kappa shape index (κ2) is 2.75. The van der Waals surface area contributed by atoms with Gasteiger partial charge in [0.1, 0.15) is 11.6 Å². The molecule has 2 rings (SSSR count). The predicted molar refractivity (Wildman–Crippen MR) is 60.1 cm³/mol. The first kappa shape index (κ1) is 10.0. The molecular weight excluding hydrogens is 188 g/mol. The van der Waals surface area contributed by atoms with Crippen molar-refractivity contribution in [3.63, 3.8) is 0 Å². The fraction of sp³-hybridized carbons (Fsp3) is 0.417. The van der Waals surface area contributed by atoms with E-state index in [2.05, 4.69) is 13.8 Å². The number of phenolic OH excluding ortho intramolecular Hbond substituents is 1. The summed E-state index contributed by atoms with van der Waals surface area (Å²) in [4.78, 5) is 0. The molecule has 1 saturated carbocycles. The number of nitrogens with two attached hydrogens (primary N) is 1. The quantitative estimate of drug-likeness (QED) is 0.509. The van der Waals surface area contributed by atoms with E-state index in [-0.39, 0.29) is 17.0 Å². The van der Waals surface area contributed by atoms with Gasteiger partial charge in [-0.15, -0.1) is 0 Å². The minimum absolute atomic E-state index is 0.0301. The van der Waals surface area contributed by atoms with Gasteiger partial charge in [0.05, 0.1) is 5.41 Å². The van der Waals surface area contributed by atoms with Crippen molar-refractivity contribution in [3.05, 3.63) is 29.8 Å². The first-order chi connectivity index (χ1) is 6.92. The summed E-state index contributed by atoms with van der Waals surface area (Å²) in [5.74, 6) is 0.382. The lowest BCUT2D eigenvalue weighted by atomic mass is 9.86. The van der Waals surface area contributed by atoms with E-state index >= 15 is 0 Å². The third kappa shape index (κ3) is 1.16. The van der Waals surface area contributed by atoms with Crippen LogP contribution in [0.5, 0.6) is 5.75 Å². The number of para-hydroxylation sites is 1. The van der Waals surface area contributed by atoms with Crippen molar-refractivity contribution < 1.29 is 5.11 Å². The Hall–Kier alpha value is -1.51. The molecule has 0 aliphatic heterocycles. The van der Waals surface area contributed by atoms with Gasteiger partial charge < -0.3 is 10.8 Å². The molecule has 3 nitrogen and oxygen atoms in total. The molecule has 1 aliphatic carbocycles. The molecule has 1 fully saturated rings. The molecular formula is C12H16N2O. The van der Waals surface area contributed by atoms with Crippen LogP contribution in [0.1, 0.15) is 25.8 Å². The van der Waals surface area contributed by atoms with Gasteiger partial charge in [-0.3, -0.25) is 5.41 Å². The Morgan fingerprint density at radius 2 is 1.93 bits per heavy atom. The summed E-state index contributed by atoms with van der Waals surface area (Å²) >= 11 is 0. The lowest BCUT2D eigenvalue weighted by Gasteiger charge is -2.20. The molecule has 1 aliphatic rings. The first-order valence-electron chi connectivity index (χ1n) is 5.05. The zero-order valence-corrected chi connectivity index (χ0v) is 9.04. The van der Waals surface area contributed by atoms with Crippen LogP contribution in [-0.2, 0) is 5.41 Å². The van der Waals surface area contributed by atoms with Crippen LogP contribution in [-0.4, -0.2) is 10.9 Å². The molecule has 0 amide bonds. The Labute approximate surface area is 89.4 Å². The van der Waals surface area contributed by atoms with E-state index in [1.807, 2.05) is 12.1 Å². The summed E-state index contributed by atoms with van der Waals surface area (Å²) in [5, 5.41) is 17.5. The number of hydrogen-bond acceptors (Lipinski definition) is 2. The fourth-order valence-electron chi connectivity index (χ4n) is 2.52. The highest BCUT2D eigenvalue weighted by Crippen LogP contribution is 2.65. The Morgan fingerprint density at radius 1 is 1.40 bits per heavy atom. The molecule has 15 heavy (non-hydrogen) atoms. The van der Waals surface area contributed by atoms with E-state index < -0.39 is 5.41 Å². The summed E-state index contributed by atoms with van der Waals surface area (Å²) in [6, 6.07) is 7.15. The minimum atomic E-state index is -0.460. The van der Waals surface area contributed by atoms with Gasteiger partial charge in [-0.05, 0) is 17.9 Å². The molecule has 1 aromatic carbocycles. The van der Waals surface area contributed by atoms with Gasteiger partial charge in [0.2, 0.25) is 0 Å². The summed E-state index contributed by atoms with van der Waals surface area (Å²) < 4.78 is 0. The van der Waals surface area contributed by atoms with Crippen LogP contribution in [0.25, 0.3) is 0 Å². The molecule has 3 heteroatoms. The lowest BCUT2D eigenvalue weighted by molar-refractivity contribution is 0.457. The highest BCUT2D eigenvalue weighted by molar-refractivity contribution is 5.94. The van der Waals surface area contributed by atoms with E-state index in [0.29, 0.717) is 0 Å². The maximum Gasteiger partial charge on any atom is 0.119 e. The van der Waals surface area contributed by atoms with E-state index in [4.69, 9.17) is 11.1 Å². The van der Waals surface area contributed by atoms with Crippen molar-refractivity contribution in [1.82, 2.24) is 0 Å². The largest absolute Gasteiger partial charge is 0.508 e. The summed E-state index contributed by atoms with van der Waals surface area (Å²) in [6.07, 6.45) is 0.826. The van der Waals surface area contributed by atoms with E-state index in [9.17, 15) is 5.11 Å². The van der Waals surface area contributed by atoms with Crippen LogP contribution in [0.15, 0.2) is 24.3 Å². The highest BCUT2D eigenvalue weighted by atomic mass is 16.3. The number of hydrogen-bond donors (Lipinski definition) is 3. The molecule has 0 bridgehead atoms. The summed E-state index contributed by atoms with van der Waals surface area (Å²) in [7, 11) is 0. The van der Waals surface area contributed by atoms with Gasteiger partial charge in [0, 0.05) is 5.56 Å². The average Bonchev–Trinajstić information content (AvgIpc) is 2.71. The van der Waals surface area contributed by atoms with Crippen LogP contribution in [0.2, 0.25) is 0 Å². The Balaban J connectivity index is 2.55. The number of benzene rings is 1. The monoisotopic (exact) mass is 204 g/mol. The Bertz CT molecular complexity index is 425. The van der Waals surface area contributed by atoms with Crippen molar-refractivity contribution >= 4 is 5.84 Å². The molecule has 1 unspecified atom stereocenters. The second-order valence-electron chi connectivity index (χ2n) is 4.90. The van der Waals surface area contributed by atoms with Crippen molar-refractivity contribution in [1.29, 1.82) is 5.41 Å². The molecule has 4 N–H and O–H groups in total. The van der Waals surface area contributed by atoms with Gasteiger partial charge in [0.25, 0.3) is 0 Å². The van der Waals surface area contributed by atoms with Gasteiger partial charge >= 0.3 is 0 Å². The number of phenols is 1. The average molecular weight is 204 g/mol. The smallest absolute Gasteiger partial charge is 0.119 e. The Morgan fingerprint density at radius 3 is 2.33 bits per heavy atom. The maximum atomic E-state index is 9.82. The standard InChI is InChI=1S/C12H16N2O/c1-11(2)7-12(11,10(13)14)8-5-3-4-6-9(8)15/h3-6,15H,7H2,1-2H3,(H3,13,14). The molecule has 1 atom stereocenters. The van der Waals surface area contributed by atoms with E-state index in [1.165, 1.54) is 0 Å². The lowest BCUT2D eigenvalue weighted by Crippen LogP contribution is -2.32. The van der Waals surface area contributed by atoms with Crippen LogP contribution >= 0.6 is 0 Å². The normalized spacial score (nSPS) is 27.3. The van der Waals surface area contributed by atoms with E-state index in [1.54, 1.807) is 12.1 Å². The summed E-state index contributed by atoms with van der Waals surface area (Å²) in [6.45, 7) is 4.14. The SMILES string of the molecule is CC1(C)CC1(C(=N)N)c1ccccc1O. The Kier molecular flexibility index (Phi) is 1.84. The topological polar surface area (TPSA) is 70.1 Å². The fourth-order valence-corrected chi connectivity index (χ4v) is 2.52. The van der Waals surface area contributed by atoms with Crippen LogP contribution in [0.4, 0.5) is 0 Å². The maximum absolute atomic E-state index is 9.82.